The third-order valence-electron chi connectivity index (χ3n) is 6.63. The van der Waals surface area contributed by atoms with Crippen molar-refractivity contribution in [3.63, 3.8) is 0 Å². The predicted octanol–water partition coefficient (Wildman–Crippen LogP) is 4.77. The fraction of sp³-hybridized carbons (Fsp3) is 0.233. The van der Waals surface area contributed by atoms with Gasteiger partial charge >= 0.3 is 0 Å². The topological polar surface area (TPSA) is 150 Å². The number of nitrogens with one attached hydrogen (secondary N) is 2. The summed E-state index contributed by atoms with van der Waals surface area (Å²) in [6.45, 7) is 8.63. The van der Waals surface area contributed by atoms with Crippen molar-refractivity contribution in [2.24, 2.45) is 26.4 Å². The van der Waals surface area contributed by atoms with Gasteiger partial charge in [-0.1, -0.05) is 24.3 Å². The highest BCUT2D eigenvalue weighted by atomic mass is 15.3. The number of aromatic amines is 2. The van der Waals surface area contributed by atoms with E-state index in [0.29, 0.717) is 30.1 Å². The van der Waals surface area contributed by atoms with Crippen LogP contribution in [-0.2, 0) is 6.54 Å². The van der Waals surface area contributed by atoms with Crippen molar-refractivity contribution in [1.82, 2.24) is 19.9 Å². The third kappa shape index (κ3) is 4.79. The van der Waals surface area contributed by atoms with E-state index in [4.69, 9.17) is 26.4 Å². The van der Waals surface area contributed by atoms with Gasteiger partial charge in [-0.3, -0.25) is 14.9 Å². The van der Waals surface area contributed by atoms with Gasteiger partial charge in [-0.15, -0.1) is 0 Å². The molecule has 0 amide bonds. The first kappa shape index (κ1) is 25.3. The first-order valence-corrected chi connectivity index (χ1v) is 13.4. The van der Waals surface area contributed by atoms with E-state index in [1.165, 1.54) is 0 Å². The molecule has 0 unspecified atom stereocenters. The van der Waals surface area contributed by atoms with Gasteiger partial charge in [0.15, 0.2) is 0 Å². The summed E-state index contributed by atoms with van der Waals surface area (Å²) >= 11 is 0. The highest BCUT2D eigenvalue weighted by Gasteiger charge is 2.29. The van der Waals surface area contributed by atoms with Gasteiger partial charge in [0.25, 0.3) is 0 Å². The van der Waals surface area contributed by atoms with E-state index in [-0.39, 0.29) is 12.1 Å². The van der Waals surface area contributed by atoms with Crippen LogP contribution in [0, 0.1) is 0 Å². The minimum atomic E-state index is 0.114. The molecule has 3 heterocycles. The minimum Gasteiger partial charge on any atom is -0.383 e. The number of imidazole rings is 2. The molecule has 0 bridgehead atoms. The number of anilines is 1. The number of H-pyrrole nitrogens is 2. The van der Waals surface area contributed by atoms with Crippen LogP contribution in [0.3, 0.4) is 0 Å². The Bertz CT molecular complexity index is 1820. The van der Waals surface area contributed by atoms with E-state index < -0.39 is 0 Å². The summed E-state index contributed by atoms with van der Waals surface area (Å²) in [6, 6.07) is 20.2. The maximum Gasteiger partial charge on any atom is 0.229 e. The average Bonchev–Trinajstić information content (AvgIpc) is 3.62. The number of hydrogen-bond donors (Lipinski definition) is 4. The number of nitrogens with two attached hydrogens (primary N) is 2. The SMILES string of the molecule is CC(C)N=C(N)c1ccc2nc(/N=C3\c4ccccc4CN3c3nc4ccc(C(N)=NC(C)C)cc4[nH]3)[nH]c2c1. The standard InChI is InChI=1S/C30H32N10/c1-16(2)33-26(31)18-9-11-22-24(13-18)36-29(35-22)39-28-21-8-6-5-7-20(21)15-40(28)30-37-23-12-10-19(14-25(23)38-30)27(32)34-17(3)4/h5-14,16-17H,15H2,1-4H3,(H2,31,33)(H2,32,34)(H,35,36)(H,37,38)/b39-28+. The van der Waals surface area contributed by atoms with Crippen LogP contribution in [0.5, 0.6) is 0 Å². The summed E-state index contributed by atoms with van der Waals surface area (Å²) in [4.78, 5) is 32.4. The lowest BCUT2D eigenvalue weighted by atomic mass is 10.1. The van der Waals surface area contributed by atoms with Crippen LogP contribution in [0.1, 0.15) is 49.9 Å². The van der Waals surface area contributed by atoms with E-state index in [1.54, 1.807) is 0 Å². The summed E-state index contributed by atoms with van der Waals surface area (Å²) in [5.74, 6) is 2.96. The Morgan fingerprint density at radius 3 is 2.05 bits per heavy atom. The van der Waals surface area contributed by atoms with E-state index in [9.17, 15) is 0 Å². The van der Waals surface area contributed by atoms with E-state index >= 15 is 0 Å². The summed E-state index contributed by atoms with van der Waals surface area (Å²) in [5, 5.41) is 0. The highest BCUT2D eigenvalue weighted by Crippen LogP contribution is 2.30. The average molecular weight is 533 g/mol. The number of fused-ring (bicyclic) bond motifs is 3. The molecule has 0 spiro atoms. The van der Waals surface area contributed by atoms with Crippen LogP contribution in [0.25, 0.3) is 22.1 Å². The van der Waals surface area contributed by atoms with Crippen molar-refractivity contribution >= 4 is 51.5 Å². The highest BCUT2D eigenvalue weighted by molar-refractivity contribution is 6.14. The van der Waals surface area contributed by atoms with Gasteiger partial charge in [0, 0.05) is 28.8 Å². The lowest BCUT2D eigenvalue weighted by molar-refractivity contribution is 0.834. The maximum atomic E-state index is 6.22. The van der Waals surface area contributed by atoms with E-state index in [1.807, 2.05) is 76.2 Å². The molecule has 0 saturated carbocycles. The van der Waals surface area contributed by atoms with Gasteiger partial charge in [0.2, 0.25) is 11.9 Å². The Morgan fingerprint density at radius 1 is 0.800 bits per heavy atom. The van der Waals surface area contributed by atoms with Crippen molar-refractivity contribution in [2.75, 3.05) is 4.90 Å². The predicted molar refractivity (Wildman–Crippen MR) is 163 cm³/mol. The van der Waals surface area contributed by atoms with Gasteiger partial charge in [0.05, 0.1) is 28.6 Å². The summed E-state index contributed by atoms with van der Waals surface area (Å²) < 4.78 is 0. The van der Waals surface area contributed by atoms with Gasteiger partial charge in [0.1, 0.15) is 17.5 Å². The first-order chi connectivity index (χ1) is 19.2. The molecule has 0 radical (unpaired) electrons. The van der Waals surface area contributed by atoms with Crippen molar-refractivity contribution < 1.29 is 0 Å². The number of nitrogens with zero attached hydrogens (tertiary/aromatic N) is 6. The normalized spacial score (nSPS) is 15.3. The second kappa shape index (κ2) is 9.96. The second-order valence-corrected chi connectivity index (χ2v) is 10.5. The molecule has 2 aromatic heterocycles. The lowest BCUT2D eigenvalue weighted by Crippen LogP contribution is -2.25. The zero-order chi connectivity index (χ0) is 28.0. The molecule has 3 aromatic carbocycles. The molecule has 1 aliphatic rings. The number of benzene rings is 3. The maximum absolute atomic E-state index is 6.22. The Kier molecular flexibility index (Phi) is 6.30. The molecule has 0 saturated heterocycles. The van der Waals surface area contributed by atoms with Crippen LogP contribution in [0.15, 0.2) is 75.6 Å². The van der Waals surface area contributed by atoms with Crippen LogP contribution >= 0.6 is 0 Å². The Labute approximate surface area is 232 Å². The summed E-state index contributed by atoms with van der Waals surface area (Å²) in [6.07, 6.45) is 0. The van der Waals surface area contributed by atoms with Crippen LogP contribution < -0.4 is 16.4 Å². The molecule has 6 N–H and O–H groups in total. The van der Waals surface area contributed by atoms with Crippen molar-refractivity contribution in [2.45, 2.75) is 46.3 Å². The lowest BCUT2D eigenvalue weighted by Gasteiger charge is -2.15. The zero-order valence-electron chi connectivity index (χ0n) is 23.0. The quantitative estimate of drug-likeness (QED) is 0.184. The second-order valence-electron chi connectivity index (χ2n) is 10.5. The van der Waals surface area contributed by atoms with E-state index in [0.717, 1.165) is 50.2 Å². The molecule has 6 rings (SSSR count). The molecule has 10 heteroatoms. The van der Waals surface area contributed by atoms with Crippen molar-refractivity contribution in [1.29, 1.82) is 0 Å². The van der Waals surface area contributed by atoms with Gasteiger partial charge in [-0.05, 0) is 69.7 Å². The largest absolute Gasteiger partial charge is 0.383 e. The smallest absolute Gasteiger partial charge is 0.229 e. The number of rotatable bonds is 6. The first-order valence-electron chi connectivity index (χ1n) is 13.4. The molecule has 0 aliphatic carbocycles. The fourth-order valence-corrected chi connectivity index (χ4v) is 4.86. The molecule has 10 nitrogen and oxygen atoms in total. The molecule has 0 atom stereocenters. The molecular formula is C30H32N10. The number of aliphatic imine (C=N–C) groups is 3. The van der Waals surface area contributed by atoms with Crippen molar-refractivity contribution in [3.8, 4) is 0 Å². The molecule has 1 aliphatic heterocycles. The molecule has 5 aromatic rings. The Balaban J connectivity index is 1.40. The Morgan fingerprint density at radius 2 is 1.40 bits per heavy atom. The van der Waals surface area contributed by atoms with Crippen molar-refractivity contribution in [3.05, 3.63) is 82.9 Å². The molecule has 202 valence electrons. The number of hydrogen-bond acceptors (Lipinski definition) is 5. The summed E-state index contributed by atoms with van der Waals surface area (Å²) in [7, 11) is 0. The van der Waals surface area contributed by atoms with Crippen LogP contribution in [-0.4, -0.2) is 49.5 Å². The fourth-order valence-electron chi connectivity index (χ4n) is 4.86. The monoisotopic (exact) mass is 532 g/mol. The minimum absolute atomic E-state index is 0.114. The van der Waals surface area contributed by atoms with Crippen LogP contribution in [0.2, 0.25) is 0 Å². The Hall–Kier alpha value is -4.99. The molecule has 40 heavy (non-hydrogen) atoms. The van der Waals surface area contributed by atoms with Crippen LogP contribution in [0.4, 0.5) is 11.9 Å². The molecule has 0 fully saturated rings. The van der Waals surface area contributed by atoms with E-state index in [2.05, 4.69) is 37.0 Å². The number of amidine groups is 3. The zero-order valence-corrected chi connectivity index (χ0v) is 23.0. The molecular weight excluding hydrogens is 500 g/mol. The van der Waals surface area contributed by atoms with Gasteiger partial charge < -0.3 is 21.4 Å². The van der Waals surface area contributed by atoms with Gasteiger partial charge in [-0.2, -0.15) is 4.99 Å². The van der Waals surface area contributed by atoms with Gasteiger partial charge in [-0.25, -0.2) is 9.97 Å². The summed E-state index contributed by atoms with van der Waals surface area (Å²) in [5.41, 5.74) is 19.7. The number of aromatic nitrogens is 4. The third-order valence-corrected chi connectivity index (χ3v) is 6.63.